The first-order chi connectivity index (χ1) is 26.8. The van der Waals surface area contributed by atoms with Gasteiger partial charge < -0.3 is 0 Å². The van der Waals surface area contributed by atoms with Crippen LogP contribution in [0.25, 0.3) is 117 Å². The summed E-state index contributed by atoms with van der Waals surface area (Å²) >= 11 is 3.86. The second-order valence-electron chi connectivity index (χ2n) is 14.3. The van der Waals surface area contributed by atoms with Crippen LogP contribution in [0.4, 0.5) is 0 Å². The molecule has 0 fully saturated rings. The lowest BCUT2D eigenvalue weighted by molar-refractivity contribution is 1.65. The summed E-state index contributed by atoms with van der Waals surface area (Å²) in [5, 5.41) is 15.7. The van der Waals surface area contributed by atoms with Crippen LogP contribution in [0.5, 0.6) is 0 Å². The van der Waals surface area contributed by atoms with Crippen molar-refractivity contribution >= 4 is 106 Å². The van der Waals surface area contributed by atoms with Gasteiger partial charge in [-0.15, -0.1) is 22.7 Å². The zero-order valence-corrected chi connectivity index (χ0v) is 30.8. The first-order valence-electron chi connectivity index (χ1n) is 18.5. The Kier molecular flexibility index (Phi) is 6.48. The van der Waals surface area contributed by atoms with Gasteiger partial charge in [-0.05, 0) is 95.2 Å². The van der Waals surface area contributed by atoms with Crippen LogP contribution in [-0.2, 0) is 0 Å². The molecule has 2 aromatic heterocycles. The summed E-state index contributed by atoms with van der Waals surface area (Å²) in [4.78, 5) is 0. The maximum Gasteiger partial charge on any atom is 0.0441 e. The Morgan fingerprint density at radius 1 is 0.278 bits per heavy atom. The standard InChI is InChI=1S/C52H30S2/c1-2-14-33-28-36(25-24-31(33)12-1)48-40-20-7-5-18-38(40)47(39-19-6-8-21-41(39)48)35-16-11-15-34(29-35)44-30-46-49(50-42-22-9-10-23-45(42)53-52(44)50)43-27-26-32-13-3-4-17-37(32)51(43)54-46/h1-30H. The number of hydrogen-bond donors (Lipinski definition) is 0. The average molecular weight is 719 g/mol. The summed E-state index contributed by atoms with van der Waals surface area (Å²) in [6, 6.07) is 67.7. The molecule has 0 nitrogen and oxygen atoms in total. The topological polar surface area (TPSA) is 0 Å². The quantitative estimate of drug-likeness (QED) is 0.160. The van der Waals surface area contributed by atoms with E-state index in [2.05, 4.69) is 182 Å². The molecule has 250 valence electrons. The largest absolute Gasteiger partial charge is 0.135 e. The number of benzene rings is 10. The molecule has 0 saturated heterocycles. The maximum atomic E-state index is 2.48. The predicted octanol–water partition coefficient (Wildman–Crippen LogP) is 16.0. The second kappa shape index (κ2) is 11.6. The van der Waals surface area contributed by atoms with E-state index in [0.29, 0.717) is 0 Å². The molecule has 0 unspecified atom stereocenters. The van der Waals surface area contributed by atoms with E-state index in [4.69, 9.17) is 0 Å². The third-order valence-electron chi connectivity index (χ3n) is 11.4. The molecule has 0 aliphatic heterocycles. The van der Waals surface area contributed by atoms with Crippen molar-refractivity contribution in [3.05, 3.63) is 182 Å². The lowest BCUT2D eigenvalue weighted by Crippen LogP contribution is -1.91. The van der Waals surface area contributed by atoms with Crippen LogP contribution in [0.15, 0.2) is 182 Å². The molecule has 0 amide bonds. The minimum atomic E-state index is 1.24. The van der Waals surface area contributed by atoms with E-state index in [1.165, 1.54) is 117 Å². The van der Waals surface area contributed by atoms with Gasteiger partial charge in [-0.2, -0.15) is 0 Å². The zero-order valence-electron chi connectivity index (χ0n) is 29.1. The second-order valence-corrected chi connectivity index (χ2v) is 16.5. The molecule has 0 bridgehead atoms. The van der Waals surface area contributed by atoms with Gasteiger partial charge in [0.25, 0.3) is 0 Å². The van der Waals surface area contributed by atoms with Crippen molar-refractivity contribution in [1.29, 1.82) is 0 Å². The van der Waals surface area contributed by atoms with Crippen LogP contribution in [0.2, 0.25) is 0 Å². The summed E-state index contributed by atoms with van der Waals surface area (Å²) in [7, 11) is 0. The lowest BCUT2D eigenvalue weighted by Gasteiger charge is -2.18. The van der Waals surface area contributed by atoms with E-state index in [-0.39, 0.29) is 0 Å². The van der Waals surface area contributed by atoms with Crippen molar-refractivity contribution < 1.29 is 0 Å². The number of rotatable bonds is 3. The molecule has 0 radical (unpaired) electrons. The van der Waals surface area contributed by atoms with E-state index in [1.807, 2.05) is 22.7 Å². The van der Waals surface area contributed by atoms with Crippen molar-refractivity contribution in [2.45, 2.75) is 0 Å². The number of thiophene rings is 2. The Morgan fingerprint density at radius 2 is 0.833 bits per heavy atom. The van der Waals surface area contributed by atoms with Gasteiger partial charge in [0.2, 0.25) is 0 Å². The maximum absolute atomic E-state index is 2.48. The summed E-state index contributed by atoms with van der Waals surface area (Å²) in [6.07, 6.45) is 0. The molecule has 10 aromatic carbocycles. The van der Waals surface area contributed by atoms with Gasteiger partial charge in [-0.25, -0.2) is 0 Å². The number of fused-ring (bicyclic) bond motifs is 12. The minimum Gasteiger partial charge on any atom is -0.135 e. The highest BCUT2D eigenvalue weighted by atomic mass is 32.1. The van der Waals surface area contributed by atoms with E-state index < -0.39 is 0 Å². The highest BCUT2D eigenvalue weighted by Gasteiger charge is 2.21. The Balaban J connectivity index is 1.13. The van der Waals surface area contributed by atoms with Crippen LogP contribution in [-0.4, -0.2) is 0 Å². The fraction of sp³-hybridized carbons (Fsp3) is 0. The fourth-order valence-corrected chi connectivity index (χ4v) is 11.6. The summed E-state index contributed by atoms with van der Waals surface area (Å²) in [5.41, 5.74) is 7.62. The van der Waals surface area contributed by atoms with Gasteiger partial charge in [0.15, 0.2) is 0 Å². The minimum absolute atomic E-state index is 1.24. The Hall–Kier alpha value is -6.32. The monoisotopic (exact) mass is 718 g/mol. The first-order valence-corrected chi connectivity index (χ1v) is 20.1. The highest BCUT2D eigenvalue weighted by molar-refractivity contribution is 7.28. The van der Waals surface area contributed by atoms with Crippen molar-refractivity contribution in [2.24, 2.45) is 0 Å². The molecular formula is C52H30S2. The van der Waals surface area contributed by atoms with E-state index in [1.54, 1.807) is 0 Å². The Morgan fingerprint density at radius 3 is 1.57 bits per heavy atom. The van der Waals surface area contributed by atoms with E-state index >= 15 is 0 Å². The van der Waals surface area contributed by atoms with Crippen LogP contribution in [0, 0.1) is 0 Å². The van der Waals surface area contributed by atoms with Gasteiger partial charge in [0.1, 0.15) is 0 Å². The molecule has 0 spiro atoms. The zero-order chi connectivity index (χ0) is 35.3. The van der Waals surface area contributed by atoms with Gasteiger partial charge in [-0.3, -0.25) is 0 Å². The summed E-state index contributed by atoms with van der Waals surface area (Å²) in [6.45, 7) is 0. The lowest BCUT2D eigenvalue weighted by atomic mass is 9.85. The molecule has 12 aromatic rings. The van der Waals surface area contributed by atoms with Crippen LogP contribution in [0.1, 0.15) is 0 Å². The molecular weight excluding hydrogens is 689 g/mol. The third kappa shape index (κ3) is 4.36. The van der Waals surface area contributed by atoms with Gasteiger partial charge in [0.05, 0.1) is 0 Å². The van der Waals surface area contributed by atoms with Gasteiger partial charge in [0, 0.05) is 45.9 Å². The van der Waals surface area contributed by atoms with Crippen LogP contribution >= 0.6 is 22.7 Å². The molecule has 0 saturated carbocycles. The SMILES string of the molecule is c1cc(-c2c3ccccc3c(-c3ccc4ccccc4c3)c3ccccc23)cc(-c2cc3sc4c5ccccc5ccc4c3c3c2sc2ccccc23)c1. The molecule has 0 atom stereocenters. The summed E-state index contributed by atoms with van der Waals surface area (Å²) < 4.78 is 5.40. The average Bonchev–Trinajstić information content (AvgIpc) is 3.81. The van der Waals surface area contributed by atoms with Crippen LogP contribution < -0.4 is 0 Å². The third-order valence-corrected chi connectivity index (χ3v) is 13.8. The molecule has 0 aliphatic rings. The normalized spacial score (nSPS) is 12.1. The van der Waals surface area contributed by atoms with Crippen molar-refractivity contribution in [3.8, 4) is 33.4 Å². The molecule has 0 aliphatic carbocycles. The molecule has 2 heteroatoms. The van der Waals surface area contributed by atoms with Crippen LogP contribution in [0.3, 0.4) is 0 Å². The smallest absolute Gasteiger partial charge is 0.0441 e. The predicted molar refractivity (Wildman–Crippen MR) is 239 cm³/mol. The Bertz CT molecular complexity index is 3450. The van der Waals surface area contributed by atoms with Crippen molar-refractivity contribution in [3.63, 3.8) is 0 Å². The van der Waals surface area contributed by atoms with Gasteiger partial charge in [-0.1, -0.05) is 158 Å². The van der Waals surface area contributed by atoms with E-state index in [0.717, 1.165) is 0 Å². The van der Waals surface area contributed by atoms with Crippen molar-refractivity contribution in [1.82, 2.24) is 0 Å². The molecule has 0 N–H and O–H groups in total. The highest BCUT2D eigenvalue weighted by Crippen LogP contribution is 2.51. The fourth-order valence-electron chi connectivity index (χ4n) is 9.03. The Labute approximate surface area is 319 Å². The first kappa shape index (κ1) is 30.2. The molecule has 54 heavy (non-hydrogen) atoms. The molecule has 2 heterocycles. The van der Waals surface area contributed by atoms with E-state index in [9.17, 15) is 0 Å². The summed E-state index contributed by atoms with van der Waals surface area (Å²) in [5.74, 6) is 0. The van der Waals surface area contributed by atoms with Crippen molar-refractivity contribution in [2.75, 3.05) is 0 Å². The molecule has 12 rings (SSSR count). The van der Waals surface area contributed by atoms with Gasteiger partial charge >= 0.3 is 0 Å². The number of hydrogen-bond acceptors (Lipinski definition) is 2.